The monoisotopic (exact) mass is 487 g/mol. The highest BCUT2D eigenvalue weighted by atomic mass is 35.5. The quantitative estimate of drug-likeness (QED) is 0.529. The number of rotatable bonds is 4. The third-order valence-electron chi connectivity index (χ3n) is 5.09. The second kappa shape index (κ2) is 9.29. The molecule has 0 saturated carbocycles. The molecule has 168 valence electrons. The number of aliphatic imine (C=N–C) groups is 1. The number of carbonyl (C=O) groups excluding carboxylic acids is 2. The van der Waals surface area contributed by atoms with Crippen LogP contribution in [0.15, 0.2) is 65.7 Å². The zero-order valence-electron chi connectivity index (χ0n) is 17.3. The van der Waals surface area contributed by atoms with E-state index in [9.17, 15) is 18.4 Å². The number of nitrogens with one attached hydrogen (secondary N) is 1. The lowest BCUT2D eigenvalue weighted by Crippen LogP contribution is -2.42. The smallest absolute Gasteiger partial charge is 0.252 e. The summed E-state index contributed by atoms with van der Waals surface area (Å²) >= 11 is 12.0. The molecule has 3 aromatic rings. The van der Waals surface area contributed by atoms with Crippen LogP contribution in [0.4, 0.5) is 20.2 Å². The number of hydrogen-bond donors (Lipinski definition) is 1. The molecule has 0 radical (unpaired) electrons. The van der Waals surface area contributed by atoms with Crippen LogP contribution in [0.3, 0.4) is 0 Å². The normalized spacial score (nSPS) is 15.5. The first-order valence-corrected chi connectivity index (χ1v) is 10.7. The van der Waals surface area contributed by atoms with Crippen molar-refractivity contribution in [1.82, 2.24) is 0 Å². The molecule has 0 unspecified atom stereocenters. The highest BCUT2D eigenvalue weighted by Crippen LogP contribution is 2.31. The zero-order valence-corrected chi connectivity index (χ0v) is 18.8. The summed E-state index contributed by atoms with van der Waals surface area (Å²) in [5.74, 6) is -2.32. The van der Waals surface area contributed by atoms with E-state index in [4.69, 9.17) is 23.2 Å². The fraction of sp³-hybridized carbons (Fsp3) is 0.125. The number of benzene rings is 3. The average molecular weight is 488 g/mol. The molecular formula is C24H17Cl2F2N3O2. The number of hydrogen-bond acceptors (Lipinski definition) is 3. The summed E-state index contributed by atoms with van der Waals surface area (Å²) in [6.45, 7) is 1.14. The Labute approximate surface area is 198 Å². The highest BCUT2D eigenvalue weighted by molar-refractivity contribution is 6.32. The van der Waals surface area contributed by atoms with Gasteiger partial charge in [-0.3, -0.25) is 14.6 Å². The van der Waals surface area contributed by atoms with Crippen molar-refractivity contribution < 1.29 is 18.4 Å². The Kier molecular flexibility index (Phi) is 6.44. The summed E-state index contributed by atoms with van der Waals surface area (Å²) < 4.78 is 28.7. The van der Waals surface area contributed by atoms with Crippen molar-refractivity contribution in [3.05, 3.63) is 93.5 Å². The standard InChI is InChI=1S/C24H17Cl2F2N3O2/c1-13-24(33)31(12-22(32)30-20-8-6-15(26)11-19(20)28)21-9-7-14(25)10-17(21)23(29-13)16-4-2-3-5-18(16)27/h2-11,13H,12H2,1H3,(H,30,32)/t13-/m1/s1. The number of anilines is 2. The Morgan fingerprint density at radius 2 is 1.70 bits per heavy atom. The molecule has 1 heterocycles. The van der Waals surface area contributed by atoms with E-state index in [1.165, 1.54) is 23.1 Å². The van der Waals surface area contributed by atoms with Gasteiger partial charge in [-0.1, -0.05) is 35.3 Å². The summed E-state index contributed by atoms with van der Waals surface area (Å²) in [6, 6.07) is 13.7. The molecule has 0 bridgehead atoms. The molecule has 0 saturated heterocycles. The van der Waals surface area contributed by atoms with Crippen LogP contribution < -0.4 is 10.2 Å². The highest BCUT2D eigenvalue weighted by Gasteiger charge is 2.32. The lowest BCUT2D eigenvalue weighted by atomic mass is 9.99. The van der Waals surface area contributed by atoms with Gasteiger partial charge in [0.2, 0.25) is 5.91 Å². The SMILES string of the molecule is C[C@H]1N=C(c2ccccc2F)c2cc(Cl)ccc2N(CC(=O)Nc2ccc(Cl)cc2F)C1=O. The van der Waals surface area contributed by atoms with Gasteiger partial charge in [0.25, 0.3) is 5.91 Å². The van der Waals surface area contributed by atoms with Crippen molar-refractivity contribution in [2.75, 3.05) is 16.8 Å². The zero-order chi connectivity index (χ0) is 23.7. The van der Waals surface area contributed by atoms with Gasteiger partial charge in [-0.15, -0.1) is 0 Å². The van der Waals surface area contributed by atoms with Gasteiger partial charge in [0.15, 0.2) is 0 Å². The van der Waals surface area contributed by atoms with E-state index < -0.39 is 36.0 Å². The molecule has 33 heavy (non-hydrogen) atoms. The molecule has 1 aliphatic heterocycles. The van der Waals surface area contributed by atoms with E-state index >= 15 is 0 Å². The number of nitrogens with zero attached hydrogens (tertiary/aromatic N) is 2. The van der Waals surface area contributed by atoms with Crippen LogP contribution in [-0.4, -0.2) is 30.1 Å². The molecule has 0 fully saturated rings. The van der Waals surface area contributed by atoms with Gasteiger partial charge >= 0.3 is 0 Å². The molecule has 3 aromatic carbocycles. The molecule has 9 heteroatoms. The van der Waals surface area contributed by atoms with Gasteiger partial charge in [0.05, 0.1) is 17.1 Å². The summed E-state index contributed by atoms with van der Waals surface area (Å²) in [6.07, 6.45) is 0. The molecule has 0 aliphatic carbocycles. The average Bonchev–Trinajstić information content (AvgIpc) is 2.86. The van der Waals surface area contributed by atoms with Crippen LogP contribution >= 0.6 is 23.2 Å². The lowest BCUT2D eigenvalue weighted by molar-refractivity contribution is -0.122. The number of fused-ring (bicyclic) bond motifs is 1. The first-order chi connectivity index (χ1) is 15.7. The minimum absolute atomic E-state index is 0.0701. The fourth-order valence-corrected chi connectivity index (χ4v) is 3.88. The Morgan fingerprint density at radius 3 is 2.42 bits per heavy atom. The summed E-state index contributed by atoms with van der Waals surface area (Å²) in [5, 5.41) is 2.98. The third kappa shape index (κ3) is 4.74. The number of carbonyl (C=O) groups is 2. The van der Waals surface area contributed by atoms with Crippen molar-refractivity contribution in [2.24, 2.45) is 4.99 Å². The second-order valence-corrected chi connectivity index (χ2v) is 8.26. The fourth-order valence-electron chi connectivity index (χ4n) is 3.55. The molecule has 0 spiro atoms. The van der Waals surface area contributed by atoms with Crippen LogP contribution in [0.5, 0.6) is 0 Å². The predicted octanol–water partition coefficient (Wildman–Crippen LogP) is 5.48. The Balaban J connectivity index is 1.73. The van der Waals surface area contributed by atoms with Crippen molar-refractivity contribution in [3.8, 4) is 0 Å². The number of benzodiazepines with no additional fused rings is 1. The van der Waals surface area contributed by atoms with Gasteiger partial charge < -0.3 is 10.2 Å². The van der Waals surface area contributed by atoms with Crippen molar-refractivity contribution in [3.63, 3.8) is 0 Å². The molecule has 5 nitrogen and oxygen atoms in total. The van der Waals surface area contributed by atoms with Crippen LogP contribution in [0.25, 0.3) is 0 Å². The van der Waals surface area contributed by atoms with Gasteiger partial charge in [-0.25, -0.2) is 8.78 Å². The molecule has 1 aliphatic rings. The Bertz CT molecular complexity index is 1300. The first-order valence-electron chi connectivity index (χ1n) is 9.93. The minimum Gasteiger partial charge on any atom is -0.322 e. The van der Waals surface area contributed by atoms with E-state index in [1.54, 1.807) is 43.3 Å². The summed E-state index contributed by atoms with van der Waals surface area (Å²) in [7, 11) is 0. The van der Waals surface area contributed by atoms with Crippen molar-refractivity contribution >= 4 is 52.1 Å². The van der Waals surface area contributed by atoms with E-state index in [0.29, 0.717) is 16.3 Å². The van der Waals surface area contributed by atoms with Crippen molar-refractivity contribution in [1.29, 1.82) is 0 Å². The van der Waals surface area contributed by atoms with Crippen molar-refractivity contribution in [2.45, 2.75) is 13.0 Å². The number of halogens is 4. The maximum atomic E-state index is 14.6. The maximum Gasteiger partial charge on any atom is 0.252 e. The third-order valence-corrected chi connectivity index (χ3v) is 5.56. The minimum atomic E-state index is -0.911. The molecule has 1 atom stereocenters. The van der Waals surface area contributed by atoms with E-state index in [-0.39, 0.29) is 22.0 Å². The van der Waals surface area contributed by atoms with Gasteiger partial charge in [-0.2, -0.15) is 0 Å². The van der Waals surface area contributed by atoms with E-state index in [0.717, 1.165) is 6.07 Å². The molecule has 2 amide bonds. The lowest BCUT2D eigenvalue weighted by Gasteiger charge is -2.24. The second-order valence-electron chi connectivity index (χ2n) is 7.39. The predicted molar refractivity (Wildman–Crippen MR) is 125 cm³/mol. The molecule has 0 aromatic heterocycles. The van der Waals surface area contributed by atoms with Crippen LogP contribution in [0, 0.1) is 11.6 Å². The Hall–Kier alpha value is -3.29. The van der Waals surface area contributed by atoms with Gasteiger partial charge in [0.1, 0.15) is 24.2 Å². The molecular weight excluding hydrogens is 471 g/mol. The van der Waals surface area contributed by atoms with Gasteiger partial charge in [-0.05, 0) is 55.5 Å². The number of amides is 2. The maximum absolute atomic E-state index is 14.6. The van der Waals surface area contributed by atoms with E-state index in [2.05, 4.69) is 10.3 Å². The molecule has 4 rings (SSSR count). The molecule has 1 N–H and O–H groups in total. The van der Waals surface area contributed by atoms with Crippen LogP contribution in [0.1, 0.15) is 18.1 Å². The van der Waals surface area contributed by atoms with Crippen LogP contribution in [0.2, 0.25) is 10.0 Å². The summed E-state index contributed by atoms with van der Waals surface area (Å²) in [5.41, 5.74) is 1.12. The Morgan fingerprint density at radius 1 is 1.00 bits per heavy atom. The summed E-state index contributed by atoms with van der Waals surface area (Å²) in [4.78, 5) is 31.6. The first kappa shape index (κ1) is 22.9. The van der Waals surface area contributed by atoms with Gasteiger partial charge in [0, 0.05) is 21.2 Å². The largest absolute Gasteiger partial charge is 0.322 e. The van der Waals surface area contributed by atoms with E-state index in [1.807, 2.05) is 0 Å². The van der Waals surface area contributed by atoms with Crippen LogP contribution in [-0.2, 0) is 9.59 Å². The topological polar surface area (TPSA) is 61.8 Å².